The molecule has 0 spiro atoms. The maximum absolute atomic E-state index is 12.9. The highest BCUT2D eigenvalue weighted by molar-refractivity contribution is 6.04. The lowest BCUT2D eigenvalue weighted by Crippen LogP contribution is -2.47. The molecule has 3 aliphatic rings. The predicted octanol–water partition coefficient (Wildman–Crippen LogP) is 4.85. The van der Waals surface area contributed by atoms with Crippen LogP contribution in [0.1, 0.15) is 66.1 Å². The van der Waals surface area contributed by atoms with Crippen LogP contribution in [0.2, 0.25) is 0 Å². The smallest absolute Gasteiger partial charge is 0.257 e. The largest absolute Gasteiger partial charge is 0.379 e. The minimum absolute atomic E-state index is 0. The molecule has 3 aromatic heterocycles. The predicted molar refractivity (Wildman–Crippen MR) is 147 cm³/mol. The molecule has 2 aliphatic carbocycles. The summed E-state index contributed by atoms with van der Waals surface area (Å²) in [6, 6.07) is 12.7. The number of anilines is 1. The Kier molecular flexibility index (Phi) is 7.80. The number of ether oxygens (including phenoxy) is 1. The molecule has 3 aromatic rings. The van der Waals surface area contributed by atoms with Gasteiger partial charge in [0.25, 0.3) is 5.91 Å². The first-order chi connectivity index (χ1) is 18.1. The fourth-order valence-corrected chi connectivity index (χ4v) is 5.66. The number of nitriles is 1. The summed E-state index contributed by atoms with van der Waals surface area (Å²) in [5.74, 6) is 1.25. The molecule has 0 radical (unpaired) electrons. The van der Waals surface area contributed by atoms with E-state index < -0.39 is 5.41 Å². The van der Waals surface area contributed by atoms with Gasteiger partial charge < -0.3 is 14.6 Å². The summed E-state index contributed by atoms with van der Waals surface area (Å²) in [5.41, 5.74) is 2.67. The molecule has 0 atom stereocenters. The molecule has 0 unspecified atom stereocenters. The lowest BCUT2D eigenvalue weighted by molar-refractivity contribution is 0.00493. The van der Waals surface area contributed by atoms with E-state index in [0.717, 1.165) is 63.5 Å². The van der Waals surface area contributed by atoms with Crippen LogP contribution in [0.4, 0.5) is 5.69 Å². The Balaban J connectivity index is 0.00000294. The number of halogens is 1. The number of hydrogen-bond donors (Lipinski definition) is 1. The fraction of sp³-hybridized carbons (Fsp3) is 0.448. The van der Waals surface area contributed by atoms with Crippen LogP contribution < -0.4 is 5.32 Å². The van der Waals surface area contributed by atoms with Gasteiger partial charge in [-0.3, -0.25) is 14.7 Å². The van der Waals surface area contributed by atoms with E-state index in [0.29, 0.717) is 23.2 Å². The number of hydrogen-bond acceptors (Lipinski definition) is 6. The van der Waals surface area contributed by atoms with Gasteiger partial charge in [0.1, 0.15) is 5.82 Å². The highest BCUT2D eigenvalue weighted by Crippen LogP contribution is 2.40. The Morgan fingerprint density at radius 2 is 1.82 bits per heavy atom. The third-order valence-electron chi connectivity index (χ3n) is 8.14. The average Bonchev–Trinajstić information content (AvgIpc) is 3.70. The minimum atomic E-state index is -0.565. The van der Waals surface area contributed by atoms with Crippen molar-refractivity contribution in [1.29, 1.82) is 5.26 Å². The van der Waals surface area contributed by atoms with Crippen LogP contribution >= 0.6 is 12.4 Å². The van der Waals surface area contributed by atoms with Crippen molar-refractivity contribution in [2.45, 2.75) is 55.9 Å². The highest BCUT2D eigenvalue weighted by Gasteiger charge is 2.40. The first kappa shape index (κ1) is 26.4. The molecule has 1 saturated heterocycles. The highest BCUT2D eigenvalue weighted by atomic mass is 35.5. The van der Waals surface area contributed by atoms with Crippen molar-refractivity contribution >= 4 is 24.0 Å². The van der Waals surface area contributed by atoms with Crippen LogP contribution in [0.5, 0.6) is 0 Å². The molecule has 198 valence electrons. The van der Waals surface area contributed by atoms with Crippen LogP contribution in [0.3, 0.4) is 0 Å². The van der Waals surface area contributed by atoms with Gasteiger partial charge in [0.05, 0.1) is 47.8 Å². The molecule has 0 bridgehead atoms. The van der Waals surface area contributed by atoms with E-state index in [1.165, 1.54) is 18.4 Å². The summed E-state index contributed by atoms with van der Waals surface area (Å²) in [4.78, 5) is 24.5. The van der Waals surface area contributed by atoms with Crippen molar-refractivity contribution in [3.05, 3.63) is 71.9 Å². The van der Waals surface area contributed by atoms with E-state index in [-0.39, 0.29) is 18.3 Å². The second-order valence-electron chi connectivity index (χ2n) is 10.5. The Hall–Kier alpha value is -3.25. The van der Waals surface area contributed by atoms with Gasteiger partial charge in [0.15, 0.2) is 0 Å². The maximum atomic E-state index is 12.9. The second-order valence-corrected chi connectivity index (χ2v) is 10.5. The van der Waals surface area contributed by atoms with E-state index in [1.54, 1.807) is 18.5 Å². The van der Waals surface area contributed by atoms with Gasteiger partial charge in [-0.05, 0) is 74.3 Å². The monoisotopic (exact) mass is 532 g/mol. The van der Waals surface area contributed by atoms with Gasteiger partial charge in [-0.2, -0.15) is 5.26 Å². The fourth-order valence-electron chi connectivity index (χ4n) is 5.66. The number of morpholine rings is 1. The zero-order chi connectivity index (χ0) is 25.2. The molecule has 1 aliphatic heterocycles. The van der Waals surface area contributed by atoms with Gasteiger partial charge in [0, 0.05) is 37.7 Å². The van der Waals surface area contributed by atoms with Crippen molar-refractivity contribution in [3.63, 3.8) is 0 Å². The molecule has 1 N–H and O–H groups in total. The third-order valence-corrected chi connectivity index (χ3v) is 8.14. The van der Waals surface area contributed by atoms with Gasteiger partial charge in [-0.1, -0.05) is 6.07 Å². The first-order valence-corrected chi connectivity index (χ1v) is 13.3. The van der Waals surface area contributed by atoms with E-state index in [4.69, 9.17) is 4.74 Å². The van der Waals surface area contributed by atoms with Crippen LogP contribution in [0.25, 0.3) is 5.82 Å². The Labute approximate surface area is 229 Å². The number of nitrogens with one attached hydrogen (secondary N) is 1. The van der Waals surface area contributed by atoms with Crippen molar-refractivity contribution in [2.24, 2.45) is 0 Å². The lowest BCUT2D eigenvalue weighted by atomic mass is 9.71. The van der Waals surface area contributed by atoms with Gasteiger partial charge in [-0.15, -0.1) is 12.4 Å². The number of aromatic nitrogens is 3. The Morgan fingerprint density at radius 3 is 2.45 bits per heavy atom. The van der Waals surface area contributed by atoms with Crippen molar-refractivity contribution in [1.82, 2.24) is 19.4 Å². The molecule has 2 saturated carbocycles. The third kappa shape index (κ3) is 5.46. The average molecular weight is 533 g/mol. The number of carbonyl (C=O) groups is 1. The quantitative estimate of drug-likeness (QED) is 0.487. The standard InChI is InChI=1S/C29H32N6O2.ClH/c30-20-29(10-7-25(8-11-29)34-13-15-37-16-14-34)26-5-4-24(18-31-26)33-28(36)23-9-12-35(19-23)27-6-3-22(17-32-27)21-1-2-21;/h3-6,9,12,17-19,21,25H,1-2,7-8,10-11,13-16H2,(H,33,36);1H/t25-,29-;. The second kappa shape index (κ2) is 11.2. The summed E-state index contributed by atoms with van der Waals surface area (Å²) >= 11 is 0. The number of rotatable bonds is 6. The SMILES string of the molecule is Cl.N#C[C@]1(c2ccc(NC(=O)c3ccn(-c4ccc(C5CC5)cn4)c3)cn2)CC[C@H](N2CCOCC2)CC1. The molecular weight excluding hydrogens is 500 g/mol. The first-order valence-electron chi connectivity index (χ1n) is 13.3. The summed E-state index contributed by atoms with van der Waals surface area (Å²) in [6.45, 7) is 3.54. The molecular formula is C29H33ClN6O2. The number of amides is 1. The van der Waals surface area contributed by atoms with Crippen molar-refractivity contribution in [2.75, 3.05) is 31.6 Å². The van der Waals surface area contributed by atoms with Gasteiger partial charge >= 0.3 is 0 Å². The van der Waals surface area contributed by atoms with Crippen LogP contribution in [0.15, 0.2) is 55.1 Å². The maximum Gasteiger partial charge on any atom is 0.257 e. The lowest BCUT2D eigenvalue weighted by Gasteiger charge is -2.41. The van der Waals surface area contributed by atoms with Crippen LogP contribution in [-0.2, 0) is 10.2 Å². The van der Waals surface area contributed by atoms with E-state index in [9.17, 15) is 10.1 Å². The molecule has 6 rings (SSSR count). The van der Waals surface area contributed by atoms with Gasteiger partial charge in [-0.25, -0.2) is 4.98 Å². The Morgan fingerprint density at radius 1 is 1.03 bits per heavy atom. The molecule has 0 aromatic carbocycles. The van der Waals surface area contributed by atoms with E-state index in [2.05, 4.69) is 32.3 Å². The summed E-state index contributed by atoms with van der Waals surface area (Å²) in [6.07, 6.45) is 13.3. The molecule has 1 amide bonds. The summed E-state index contributed by atoms with van der Waals surface area (Å²) < 4.78 is 7.34. The van der Waals surface area contributed by atoms with Crippen LogP contribution in [-0.4, -0.2) is 57.7 Å². The normalized spacial score (nSPS) is 23.7. The molecule has 3 fully saturated rings. The topological polar surface area (TPSA) is 96.1 Å². The van der Waals surface area contributed by atoms with E-state index in [1.807, 2.05) is 35.2 Å². The van der Waals surface area contributed by atoms with Crippen LogP contribution in [0, 0.1) is 11.3 Å². The van der Waals surface area contributed by atoms with E-state index >= 15 is 0 Å². The zero-order valence-corrected chi connectivity index (χ0v) is 22.2. The number of carbonyl (C=O) groups excluding carboxylic acids is 1. The van der Waals surface area contributed by atoms with Crippen molar-refractivity contribution in [3.8, 4) is 11.9 Å². The molecule has 8 nitrogen and oxygen atoms in total. The molecule has 4 heterocycles. The Bertz CT molecular complexity index is 1280. The number of nitrogens with zero attached hydrogens (tertiary/aromatic N) is 5. The zero-order valence-electron chi connectivity index (χ0n) is 21.4. The summed E-state index contributed by atoms with van der Waals surface area (Å²) in [7, 11) is 0. The van der Waals surface area contributed by atoms with Gasteiger partial charge in [0.2, 0.25) is 0 Å². The minimum Gasteiger partial charge on any atom is -0.379 e. The number of pyridine rings is 2. The summed E-state index contributed by atoms with van der Waals surface area (Å²) in [5, 5.41) is 13.0. The molecule has 38 heavy (non-hydrogen) atoms. The van der Waals surface area contributed by atoms with Crippen molar-refractivity contribution < 1.29 is 9.53 Å². The molecule has 9 heteroatoms.